The lowest BCUT2D eigenvalue weighted by molar-refractivity contribution is 0.730. The smallest absolute Gasteiger partial charge is 0.0464 e. The highest BCUT2D eigenvalue weighted by Gasteiger charge is 2.05. The predicted octanol–water partition coefficient (Wildman–Crippen LogP) is 7.35. The lowest BCUT2D eigenvalue weighted by atomic mass is 10.1. The van der Waals surface area contributed by atoms with Gasteiger partial charge >= 0.3 is 0 Å². The second-order valence-corrected chi connectivity index (χ2v) is 6.29. The molecule has 0 amide bonds. The fourth-order valence-electron chi connectivity index (χ4n) is 2.92. The number of allylic oxidation sites excluding steroid dienone is 2. The van der Waals surface area contributed by atoms with Crippen molar-refractivity contribution in [3.05, 3.63) is 47.7 Å². The van der Waals surface area contributed by atoms with Crippen LogP contribution in [0.3, 0.4) is 0 Å². The molecular weight excluding hydrogens is 278 g/mol. The van der Waals surface area contributed by atoms with Crippen LogP contribution in [0.15, 0.2) is 36.4 Å². The van der Waals surface area contributed by atoms with Crippen molar-refractivity contribution in [1.29, 1.82) is 0 Å². The molecule has 0 aliphatic heterocycles. The van der Waals surface area contributed by atoms with E-state index in [4.69, 9.17) is 0 Å². The molecule has 0 saturated carbocycles. The molecule has 0 unspecified atom stereocenters. The number of benzene rings is 1. The van der Waals surface area contributed by atoms with Crippen molar-refractivity contribution in [3.63, 3.8) is 0 Å². The molecule has 0 saturated heterocycles. The van der Waals surface area contributed by atoms with Crippen LogP contribution in [-0.2, 0) is 0 Å². The standard InChI is InChI=1S/C22H31N/c1-3-5-7-9-11-15-19-20-16-13-14-18-22(20)23-21(19)17-12-10-8-6-4-2/h11-18,23H,3-10H2,1-2H3/b15-11+,17-12+. The van der Waals surface area contributed by atoms with Crippen LogP contribution in [0.4, 0.5) is 0 Å². The van der Waals surface area contributed by atoms with Gasteiger partial charge in [0.25, 0.3) is 0 Å². The average Bonchev–Trinajstić information content (AvgIpc) is 2.92. The third-order valence-electron chi connectivity index (χ3n) is 4.29. The van der Waals surface area contributed by atoms with Gasteiger partial charge in [0.05, 0.1) is 0 Å². The molecule has 1 aromatic heterocycles. The number of fused-ring (bicyclic) bond motifs is 1. The van der Waals surface area contributed by atoms with Crippen LogP contribution in [0, 0.1) is 0 Å². The van der Waals surface area contributed by atoms with E-state index < -0.39 is 0 Å². The minimum Gasteiger partial charge on any atom is -0.355 e. The summed E-state index contributed by atoms with van der Waals surface area (Å²) in [6.45, 7) is 4.51. The van der Waals surface area contributed by atoms with E-state index in [0.29, 0.717) is 0 Å². The summed E-state index contributed by atoms with van der Waals surface area (Å²) in [4.78, 5) is 3.57. The maximum atomic E-state index is 3.57. The monoisotopic (exact) mass is 309 g/mol. The number of unbranched alkanes of at least 4 members (excludes halogenated alkanes) is 6. The van der Waals surface area contributed by atoms with Crippen molar-refractivity contribution in [2.75, 3.05) is 0 Å². The Bertz CT molecular complexity index is 630. The lowest BCUT2D eigenvalue weighted by Crippen LogP contribution is -1.78. The Balaban J connectivity index is 2.13. The quantitative estimate of drug-likeness (QED) is 0.441. The zero-order valence-electron chi connectivity index (χ0n) is 14.8. The molecule has 1 N–H and O–H groups in total. The van der Waals surface area contributed by atoms with Crippen molar-refractivity contribution in [2.24, 2.45) is 0 Å². The van der Waals surface area contributed by atoms with Gasteiger partial charge in [0.2, 0.25) is 0 Å². The van der Waals surface area contributed by atoms with Gasteiger partial charge in [-0.05, 0) is 37.8 Å². The van der Waals surface area contributed by atoms with Gasteiger partial charge < -0.3 is 4.98 Å². The van der Waals surface area contributed by atoms with Crippen LogP contribution in [0.2, 0.25) is 0 Å². The summed E-state index contributed by atoms with van der Waals surface area (Å²) in [5.41, 5.74) is 3.81. The minimum atomic E-state index is 1.17. The van der Waals surface area contributed by atoms with Crippen molar-refractivity contribution in [1.82, 2.24) is 4.98 Å². The van der Waals surface area contributed by atoms with E-state index in [1.165, 1.54) is 73.5 Å². The van der Waals surface area contributed by atoms with Crippen molar-refractivity contribution >= 4 is 23.1 Å². The Labute approximate surface area is 141 Å². The molecule has 124 valence electrons. The third kappa shape index (κ3) is 5.42. The van der Waals surface area contributed by atoms with Gasteiger partial charge in [-0.25, -0.2) is 0 Å². The molecule has 0 radical (unpaired) electrons. The number of aromatic amines is 1. The number of para-hydroxylation sites is 1. The van der Waals surface area contributed by atoms with E-state index in [0.717, 1.165) is 0 Å². The second kappa shape index (κ2) is 10.1. The van der Waals surface area contributed by atoms with Crippen LogP contribution in [-0.4, -0.2) is 4.98 Å². The SMILES string of the molecule is CCCCC/C=C/c1[nH]c2ccccc2c1/C=C/CCCCC. The minimum absolute atomic E-state index is 1.17. The molecule has 1 heterocycles. The van der Waals surface area contributed by atoms with Gasteiger partial charge in [0, 0.05) is 22.2 Å². The molecule has 0 aliphatic carbocycles. The molecule has 0 fully saturated rings. The Morgan fingerprint density at radius 2 is 1.48 bits per heavy atom. The van der Waals surface area contributed by atoms with Gasteiger partial charge in [-0.2, -0.15) is 0 Å². The second-order valence-electron chi connectivity index (χ2n) is 6.29. The van der Waals surface area contributed by atoms with E-state index in [-0.39, 0.29) is 0 Å². The normalized spacial score (nSPS) is 12.1. The topological polar surface area (TPSA) is 15.8 Å². The molecule has 0 aliphatic rings. The molecule has 1 aromatic carbocycles. The summed E-state index contributed by atoms with van der Waals surface area (Å²) < 4.78 is 0. The largest absolute Gasteiger partial charge is 0.355 e. The Kier molecular flexibility index (Phi) is 7.72. The molecule has 2 aromatic rings. The fourth-order valence-corrected chi connectivity index (χ4v) is 2.92. The Morgan fingerprint density at radius 3 is 2.17 bits per heavy atom. The number of H-pyrrole nitrogens is 1. The first kappa shape index (κ1) is 17.6. The van der Waals surface area contributed by atoms with Gasteiger partial charge in [-0.15, -0.1) is 0 Å². The number of hydrogen-bond donors (Lipinski definition) is 1. The molecule has 2 rings (SSSR count). The van der Waals surface area contributed by atoms with E-state index in [1.807, 2.05) is 0 Å². The first-order valence-corrected chi connectivity index (χ1v) is 9.30. The highest BCUT2D eigenvalue weighted by atomic mass is 14.7. The summed E-state index contributed by atoms with van der Waals surface area (Å²) in [7, 11) is 0. The van der Waals surface area contributed by atoms with Crippen LogP contribution in [0.1, 0.15) is 76.5 Å². The summed E-state index contributed by atoms with van der Waals surface area (Å²) in [5, 5.41) is 1.33. The summed E-state index contributed by atoms with van der Waals surface area (Å²) in [6, 6.07) is 8.60. The van der Waals surface area contributed by atoms with Crippen LogP contribution >= 0.6 is 0 Å². The average molecular weight is 309 g/mol. The van der Waals surface area contributed by atoms with Crippen LogP contribution < -0.4 is 0 Å². The van der Waals surface area contributed by atoms with Crippen LogP contribution in [0.5, 0.6) is 0 Å². The number of aromatic nitrogens is 1. The zero-order valence-corrected chi connectivity index (χ0v) is 14.8. The molecular formula is C22H31N. The highest BCUT2D eigenvalue weighted by Crippen LogP contribution is 2.25. The maximum Gasteiger partial charge on any atom is 0.0464 e. The summed E-state index contributed by atoms with van der Waals surface area (Å²) >= 11 is 0. The number of rotatable bonds is 10. The fraction of sp³-hybridized carbons (Fsp3) is 0.455. The van der Waals surface area contributed by atoms with E-state index in [2.05, 4.69) is 67.4 Å². The first-order chi connectivity index (χ1) is 11.4. The summed E-state index contributed by atoms with van der Waals surface area (Å²) in [6.07, 6.45) is 19.3. The predicted molar refractivity (Wildman–Crippen MR) is 105 cm³/mol. The van der Waals surface area contributed by atoms with E-state index in [9.17, 15) is 0 Å². The first-order valence-electron chi connectivity index (χ1n) is 9.30. The molecule has 0 bridgehead atoms. The third-order valence-corrected chi connectivity index (χ3v) is 4.29. The molecule has 1 heteroatoms. The van der Waals surface area contributed by atoms with Crippen molar-refractivity contribution in [2.45, 2.75) is 65.2 Å². The molecule has 23 heavy (non-hydrogen) atoms. The van der Waals surface area contributed by atoms with E-state index in [1.54, 1.807) is 0 Å². The summed E-state index contributed by atoms with van der Waals surface area (Å²) in [5.74, 6) is 0. The zero-order chi connectivity index (χ0) is 16.3. The highest BCUT2D eigenvalue weighted by molar-refractivity contribution is 5.93. The van der Waals surface area contributed by atoms with Crippen LogP contribution in [0.25, 0.3) is 23.1 Å². The number of hydrogen-bond acceptors (Lipinski definition) is 0. The van der Waals surface area contributed by atoms with Gasteiger partial charge in [-0.1, -0.05) is 76.0 Å². The van der Waals surface area contributed by atoms with Gasteiger partial charge in [0.15, 0.2) is 0 Å². The van der Waals surface area contributed by atoms with Gasteiger partial charge in [0.1, 0.15) is 0 Å². The lowest BCUT2D eigenvalue weighted by Gasteiger charge is -1.96. The van der Waals surface area contributed by atoms with Gasteiger partial charge in [-0.3, -0.25) is 0 Å². The van der Waals surface area contributed by atoms with Crippen molar-refractivity contribution in [3.8, 4) is 0 Å². The molecule has 0 spiro atoms. The molecule has 1 nitrogen and oxygen atoms in total. The Morgan fingerprint density at radius 1 is 0.826 bits per heavy atom. The van der Waals surface area contributed by atoms with E-state index >= 15 is 0 Å². The maximum absolute atomic E-state index is 3.57. The number of nitrogens with one attached hydrogen (secondary N) is 1. The Hall–Kier alpha value is -1.76. The van der Waals surface area contributed by atoms with Crippen molar-refractivity contribution < 1.29 is 0 Å². The molecule has 0 atom stereocenters.